The summed E-state index contributed by atoms with van der Waals surface area (Å²) in [6, 6.07) is 2.19. The van der Waals surface area contributed by atoms with Crippen LogP contribution in [0.5, 0.6) is 0 Å². The molecule has 3 fully saturated rings. The van der Waals surface area contributed by atoms with E-state index in [0.29, 0.717) is 0 Å². The van der Waals surface area contributed by atoms with E-state index in [0.717, 1.165) is 56.2 Å². The summed E-state index contributed by atoms with van der Waals surface area (Å²) in [6.45, 7) is 17.6. The Morgan fingerprint density at radius 1 is 1.00 bits per heavy atom. The van der Waals surface area contributed by atoms with Gasteiger partial charge in [-0.25, -0.2) is 0 Å². The first-order valence-electron chi connectivity index (χ1n) is 14.0. The van der Waals surface area contributed by atoms with Crippen molar-refractivity contribution in [2.75, 3.05) is 0 Å². The highest BCUT2D eigenvalue weighted by atomic mass is 16.1. The van der Waals surface area contributed by atoms with Gasteiger partial charge in [0.05, 0.1) is 5.57 Å². The molecule has 0 aromatic heterocycles. The lowest BCUT2D eigenvalue weighted by Crippen LogP contribution is -2.65. The van der Waals surface area contributed by atoms with Crippen LogP contribution in [0.3, 0.4) is 0 Å². The van der Waals surface area contributed by atoms with Crippen molar-refractivity contribution in [3.63, 3.8) is 0 Å². The van der Waals surface area contributed by atoms with Crippen molar-refractivity contribution < 1.29 is 9.59 Å². The Labute approximate surface area is 217 Å². The Hall–Kier alpha value is -2.02. The number of nitriles is 1. The zero-order valence-electron chi connectivity index (χ0n) is 23.6. The van der Waals surface area contributed by atoms with Crippen molar-refractivity contribution in [1.29, 1.82) is 10.7 Å². The number of carbonyl (C=O) groups is 2. The van der Waals surface area contributed by atoms with Gasteiger partial charge in [-0.2, -0.15) is 5.26 Å². The number of hydrogen-bond donors (Lipinski definition) is 1. The zero-order chi connectivity index (χ0) is 26.7. The van der Waals surface area contributed by atoms with Crippen molar-refractivity contribution in [2.24, 2.45) is 50.2 Å². The predicted molar refractivity (Wildman–Crippen MR) is 142 cm³/mol. The summed E-state index contributed by atoms with van der Waals surface area (Å²) < 4.78 is 0. The topological polar surface area (TPSA) is 81.8 Å². The van der Waals surface area contributed by atoms with Crippen LogP contribution in [-0.4, -0.2) is 17.3 Å². The normalized spacial score (nSPS) is 46.7. The molecular weight excluding hydrogens is 444 g/mol. The van der Waals surface area contributed by atoms with Gasteiger partial charge < -0.3 is 5.41 Å². The largest absolute Gasteiger partial charge is 0.309 e. The van der Waals surface area contributed by atoms with Gasteiger partial charge in [-0.05, 0) is 86.0 Å². The van der Waals surface area contributed by atoms with Crippen LogP contribution in [0.2, 0.25) is 0 Å². The van der Waals surface area contributed by atoms with Gasteiger partial charge >= 0.3 is 0 Å². The Kier molecular flexibility index (Phi) is 5.19. The number of carbonyl (C=O) groups excluding carboxylic acids is 2. The maximum Gasteiger partial charge on any atom is 0.178 e. The second-order valence-electron chi connectivity index (χ2n) is 15.0. The molecule has 4 nitrogen and oxygen atoms in total. The molecule has 0 aliphatic heterocycles. The van der Waals surface area contributed by atoms with E-state index >= 15 is 0 Å². The standard InChI is InChI=1S/C32H44N2O2/c1-19(34)32-13-11-27(2,3)17-21(32)25-22(35)15-24-29(6)16-20(18-33)26(36)28(4,5)23(29)9-10-30(24,7)31(25,8)12-14-32/h15-16,21,23,25,34H,9-14,17H2,1-8H3/t21-,23-,25-,29-,30+,31+,32+/m0/s1. The van der Waals surface area contributed by atoms with Gasteiger partial charge in [-0.15, -0.1) is 0 Å². The van der Waals surface area contributed by atoms with Gasteiger partial charge in [0.1, 0.15) is 6.07 Å². The minimum atomic E-state index is -0.635. The molecule has 1 N–H and O–H groups in total. The molecule has 3 saturated carbocycles. The monoisotopic (exact) mass is 488 g/mol. The zero-order valence-corrected chi connectivity index (χ0v) is 23.6. The van der Waals surface area contributed by atoms with E-state index in [1.54, 1.807) is 0 Å². The number of fused-ring (bicyclic) bond motifs is 7. The maximum atomic E-state index is 14.4. The number of ketones is 2. The fraction of sp³-hybridized carbons (Fsp3) is 0.750. The molecule has 5 aliphatic carbocycles. The summed E-state index contributed by atoms with van der Waals surface area (Å²) in [5.41, 5.74) is 0.667. The van der Waals surface area contributed by atoms with E-state index in [1.165, 1.54) is 0 Å². The van der Waals surface area contributed by atoms with Crippen molar-refractivity contribution >= 4 is 17.3 Å². The highest BCUT2D eigenvalue weighted by Crippen LogP contribution is 2.74. The van der Waals surface area contributed by atoms with Gasteiger partial charge in [0, 0.05) is 27.9 Å². The molecule has 0 amide bonds. The maximum absolute atomic E-state index is 14.4. The molecular formula is C32H44N2O2. The van der Waals surface area contributed by atoms with Crippen LogP contribution in [0, 0.1) is 67.0 Å². The molecule has 0 heterocycles. The van der Waals surface area contributed by atoms with E-state index < -0.39 is 10.8 Å². The number of Topliss-reactive ketones (excluding diaryl/α,β-unsaturated/α-hetero) is 1. The van der Waals surface area contributed by atoms with Gasteiger partial charge in [-0.1, -0.05) is 60.1 Å². The molecule has 0 unspecified atom stereocenters. The number of nitrogens with zero attached hydrogens (tertiary/aromatic N) is 1. The minimum absolute atomic E-state index is 0.0590. The molecule has 0 radical (unpaired) electrons. The van der Waals surface area contributed by atoms with Crippen molar-refractivity contribution in [2.45, 2.75) is 100 Å². The van der Waals surface area contributed by atoms with Crippen LogP contribution in [-0.2, 0) is 9.59 Å². The first-order chi connectivity index (χ1) is 16.5. The number of hydrogen-bond acceptors (Lipinski definition) is 4. The third-order valence-corrected chi connectivity index (χ3v) is 12.6. The molecule has 5 aliphatic rings. The first-order valence-corrected chi connectivity index (χ1v) is 14.0. The number of allylic oxidation sites excluding steroid dienone is 4. The van der Waals surface area contributed by atoms with Crippen LogP contribution >= 0.6 is 0 Å². The molecule has 0 aromatic carbocycles. The molecule has 0 aromatic rings. The Morgan fingerprint density at radius 3 is 2.25 bits per heavy atom. The average molecular weight is 489 g/mol. The molecule has 0 bridgehead atoms. The molecule has 0 spiro atoms. The quantitative estimate of drug-likeness (QED) is 0.395. The van der Waals surface area contributed by atoms with E-state index in [9.17, 15) is 14.9 Å². The van der Waals surface area contributed by atoms with Crippen molar-refractivity contribution in [3.05, 3.63) is 23.3 Å². The van der Waals surface area contributed by atoms with E-state index in [2.05, 4.69) is 40.7 Å². The SMILES string of the molecule is CC(=N)[C@]12CCC(C)(C)C[C@H]1[C@H]1C(=O)C=C3[C@@]4(C)C=C(C#N)C(=O)C(C)(C)[C@@H]4CC[C@@]3(C)[C@]1(C)CC2. The van der Waals surface area contributed by atoms with E-state index in [4.69, 9.17) is 5.41 Å². The molecule has 4 heteroatoms. The summed E-state index contributed by atoms with van der Waals surface area (Å²) in [4.78, 5) is 27.5. The first kappa shape index (κ1) is 25.6. The summed E-state index contributed by atoms with van der Waals surface area (Å²) in [7, 11) is 0. The molecule has 36 heavy (non-hydrogen) atoms. The number of rotatable bonds is 1. The predicted octanol–water partition coefficient (Wildman–Crippen LogP) is 7.25. The summed E-state index contributed by atoms with van der Waals surface area (Å²) in [5, 5.41) is 18.7. The highest BCUT2D eigenvalue weighted by Gasteiger charge is 2.70. The van der Waals surface area contributed by atoms with Gasteiger partial charge in [0.2, 0.25) is 0 Å². The van der Waals surface area contributed by atoms with Gasteiger partial charge in [0.25, 0.3) is 0 Å². The lowest BCUT2D eigenvalue weighted by molar-refractivity contribution is -0.161. The third-order valence-electron chi connectivity index (χ3n) is 12.6. The molecule has 5 rings (SSSR count). The Bertz CT molecular complexity index is 1180. The highest BCUT2D eigenvalue weighted by molar-refractivity contribution is 6.04. The van der Waals surface area contributed by atoms with Crippen LogP contribution in [0.25, 0.3) is 0 Å². The van der Waals surface area contributed by atoms with Crippen molar-refractivity contribution in [1.82, 2.24) is 0 Å². The third kappa shape index (κ3) is 2.89. The fourth-order valence-corrected chi connectivity index (χ4v) is 10.3. The fourth-order valence-electron chi connectivity index (χ4n) is 10.3. The van der Waals surface area contributed by atoms with E-state index in [-0.39, 0.29) is 56.6 Å². The smallest absolute Gasteiger partial charge is 0.178 e. The summed E-state index contributed by atoms with van der Waals surface area (Å²) >= 11 is 0. The van der Waals surface area contributed by atoms with Gasteiger partial charge in [-0.3, -0.25) is 9.59 Å². The summed E-state index contributed by atoms with van der Waals surface area (Å²) in [5.74, 6) is 0.345. The van der Waals surface area contributed by atoms with Crippen LogP contribution in [0.1, 0.15) is 100 Å². The minimum Gasteiger partial charge on any atom is -0.309 e. The second-order valence-corrected chi connectivity index (χ2v) is 15.0. The Morgan fingerprint density at radius 2 is 1.64 bits per heavy atom. The van der Waals surface area contributed by atoms with Crippen LogP contribution in [0.4, 0.5) is 0 Å². The lowest BCUT2D eigenvalue weighted by Gasteiger charge is -2.69. The van der Waals surface area contributed by atoms with E-state index in [1.807, 2.05) is 32.9 Å². The second kappa shape index (κ2) is 7.30. The molecule has 0 saturated heterocycles. The van der Waals surface area contributed by atoms with Gasteiger partial charge in [0.15, 0.2) is 11.6 Å². The lowest BCUT2D eigenvalue weighted by atomic mass is 9.34. The average Bonchev–Trinajstić information content (AvgIpc) is 2.77. The van der Waals surface area contributed by atoms with Crippen LogP contribution < -0.4 is 0 Å². The molecule has 194 valence electrons. The molecule has 7 atom stereocenters. The van der Waals surface area contributed by atoms with Crippen molar-refractivity contribution in [3.8, 4) is 6.07 Å². The Balaban J connectivity index is 1.71. The summed E-state index contributed by atoms with van der Waals surface area (Å²) in [6.07, 6.45) is 10.8. The number of nitrogens with one attached hydrogen (secondary N) is 1. The van der Waals surface area contributed by atoms with Crippen LogP contribution in [0.15, 0.2) is 23.3 Å².